The maximum absolute atomic E-state index is 13.0. The van der Waals surface area contributed by atoms with Crippen LogP contribution >= 0.6 is 23.2 Å². The zero-order valence-electron chi connectivity index (χ0n) is 16.0. The number of amides is 1. The molecule has 0 saturated carbocycles. The molecule has 29 heavy (non-hydrogen) atoms. The summed E-state index contributed by atoms with van der Waals surface area (Å²) < 4.78 is 5.33. The van der Waals surface area contributed by atoms with Gasteiger partial charge in [0.25, 0.3) is 0 Å². The minimum atomic E-state index is -0.476. The fraction of sp³-hybridized carbons (Fsp3) is 0.217. The molecule has 1 atom stereocenters. The van der Waals surface area contributed by atoms with E-state index in [-0.39, 0.29) is 18.9 Å². The molecule has 0 N–H and O–H groups in total. The molecule has 0 aromatic heterocycles. The fourth-order valence-electron chi connectivity index (χ4n) is 3.52. The third-order valence-electron chi connectivity index (χ3n) is 4.89. The molecule has 0 bridgehead atoms. The van der Waals surface area contributed by atoms with Crippen molar-refractivity contribution in [1.29, 1.82) is 0 Å². The van der Waals surface area contributed by atoms with Crippen molar-refractivity contribution in [2.24, 2.45) is 0 Å². The maximum atomic E-state index is 13.0. The van der Waals surface area contributed by atoms with Crippen LogP contribution in [0.2, 0.25) is 10.0 Å². The average molecular weight is 430 g/mol. The molecule has 0 spiro atoms. The molecule has 0 saturated heterocycles. The molecule has 0 unspecified atom stereocenters. The maximum Gasteiger partial charge on any atom is 0.336 e. The second-order valence-electron chi connectivity index (χ2n) is 6.77. The second kappa shape index (κ2) is 9.29. The van der Waals surface area contributed by atoms with Crippen LogP contribution in [-0.2, 0) is 20.9 Å². The van der Waals surface area contributed by atoms with Crippen LogP contribution in [0.5, 0.6) is 0 Å². The zero-order valence-corrected chi connectivity index (χ0v) is 17.5. The molecule has 0 aliphatic carbocycles. The monoisotopic (exact) mass is 429 g/mol. The largest absolute Gasteiger partial charge is 0.458 e. The zero-order chi connectivity index (χ0) is 21.0. The van der Waals surface area contributed by atoms with Crippen molar-refractivity contribution >= 4 is 35.1 Å². The molecule has 2 aromatic rings. The van der Waals surface area contributed by atoms with E-state index in [9.17, 15) is 9.59 Å². The van der Waals surface area contributed by atoms with Crippen molar-refractivity contribution in [3.05, 3.63) is 93.6 Å². The van der Waals surface area contributed by atoms with Gasteiger partial charge >= 0.3 is 5.97 Å². The number of nitrogens with zero attached hydrogens (tertiary/aromatic N) is 1. The predicted octanol–water partition coefficient (Wildman–Crippen LogP) is 5.51. The van der Waals surface area contributed by atoms with Gasteiger partial charge in [0.2, 0.25) is 5.91 Å². The summed E-state index contributed by atoms with van der Waals surface area (Å²) in [6, 6.07) is 14.5. The number of halogens is 2. The van der Waals surface area contributed by atoms with E-state index in [4.69, 9.17) is 27.9 Å². The van der Waals surface area contributed by atoms with Crippen molar-refractivity contribution in [3.63, 3.8) is 0 Å². The van der Waals surface area contributed by atoms with Crippen molar-refractivity contribution in [3.8, 4) is 0 Å². The Morgan fingerprint density at radius 2 is 2.00 bits per heavy atom. The number of hydrogen-bond donors (Lipinski definition) is 0. The van der Waals surface area contributed by atoms with E-state index in [2.05, 4.69) is 6.58 Å². The van der Waals surface area contributed by atoms with E-state index < -0.39 is 11.9 Å². The van der Waals surface area contributed by atoms with Crippen molar-refractivity contribution in [1.82, 2.24) is 4.90 Å². The van der Waals surface area contributed by atoms with E-state index in [0.717, 1.165) is 11.1 Å². The van der Waals surface area contributed by atoms with Gasteiger partial charge in [-0.05, 0) is 36.2 Å². The number of carbonyl (C=O) groups excluding carboxylic acids is 2. The van der Waals surface area contributed by atoms with Crippen LogP contribution in [0.15, 0.2) is 72.5 Å². The molecule has 0 radical (unpaired) electrons. The summed E-state index contributed by atoms with van der Waals surface area (Å²) in [6.45, 7) is 5.76. The molecule has 0 fully saturated rings. The van der Waals surface area contributed by atoms with Gasteiger partial charge in [0.05, 0.1) is 12.1 Å². The van der Waals surface area contributed by atoms with Gasteiger partial charge < -0.3 is 9.64 Å². The molecular formula is C23H21Cl2NO3. The van der Waals surface area contributed by atoms with Gasteiger partial charge in [0.15, 0.2) is 0 Å². The Kier molecular flexibility index (Phi) is 6.78. The summed E-state index contributed by atoms with van der Waals surface area (Å²) in [4.78, 5) is 27.5. The van der Waals surface area contributed by atoms with E-state index in [0.29, 0.717) is 27.9 Å². The number of benzene rings is 2. The highest BCUT2D eigenvalue weighted by Crippen LogP contribution is 2.40. The topological polar surface area (TPSA) is 46.6 Å². The lowest BCUT2D eigenvalue weighted by atomic mass is 9.83. The third-order valence-corrected chi connectivity index (χ3v) is 5.46. The first kappa shape index (κ1) is 21.2. The molecular weight excluding hydrogens is 409 g/mol. The molecule has 4 nitrogen and oxygen atoms in total. The number of allylic oxidation sites excluding steroid dienone is 1. The molecule has 6 heteroatoms. The molecule has 1 amide bonds. The molecule has 1 aliphatic rings. The van der Waals surface area contributed by atoms with Crippen LogP contribution in [-0.4, -0.2) is 23.4 Å². The average Bonchev–Trinajstić information content (AvgIpc) is 2.69. The lowest BCUT2D eigenvalue weighted by Gasteiger charge is -2.34. The SMILES string of the molecule is C=CCOC(=O)C1=C(C)N(Cc2cccc(Cl)c2)C(=O)C[C@H]1c1ccccc1Cl. The summed E-state index contributed by atoms with van der Waals surface area (Å²) in [7, 11) is 0. The standard InChI is InChI=1S/C23H21Cl2NO3/c1-3-11-29-23(28)22-15(2)26(14-16-7-6-8-17(24)12-16)21(27)13-19(22)18-9-4-5-10-20(18)25/h3-10,12,19H,1,11,13-14H2,2H3/t19-/m0/s1. The smallest absolute Gasteiger partial charge is 0.336 e. The van der Waals surface area contributed by atoms with Gasteiger partial charge in [-0.3, -0.25) is 4.79 Å². The molecule has 1 heterocycles. The summed E-state index contributed by atoms with van der Waals surface area (Å²) >= 11 is 12.5. The van der Waals surface area contributed by atoms with Crippen molar-refractivity contribution < 1.29 is 14.3 Å². The van der Waals surface area contributed by atoms with Gasteiger partial charge in [0, 0.05) is 28.1 Å². The first-order valence-corrected chi connectivity index (χ1v) is 9.96. The lowest BCUT2D eigenvalue weighted by molar-refractivity contribution is -0.139. The second-order valence-corrected chi connectivity index (χ2v) is 7.62. The van der Waals surface area contributed by atoms with E-state index in [1.165, 1.54) is 6.08 Å². The molecule has 1 aliphatic heterocycles. The predicted molar refractivity (Wildman–Crippen MR) is 115 cm³/mol. The Hall–Kier alpha value is -2.56. The van der Waals surface area contributed by atoms with E-state index >= 15 is 0 Å². The Bertz CT molecular complexity index is 984. The summed E-state index contributed by atoms with van der Waals surface area (Å²) in [6.07, 6.45) is 1.64. The fourth-order valence-corrected chi connectivity index (χ4v) is 4.00. The first-order chi connectivity index (χ1) is 13.9. The van der Waals surface area contributed by atoms with Crippen LogP contribution in [0.3, 0.4) is 0 Å². The molecule has 2 aromatic carbocycles. The minimum Gasteiger partial charge on any atom is -0.458 e. The highest BCUT2D eigenvalue weighted by atomic mass is 35.5. The normalized spacial score (nSPS) is 16.7. The molecule has 150 valence electrons. The van der Waals surface area contributed by atoms with Gasteiger partial charge in [-0.25, -0.2) is 4.79 Å². The van der Waals surface area contributed by atoms with Crippen molar-refractivity contribution in [2.75, 3.05) is 6.61 Å². The highest BCUT2D eigenvalue weighted by molar-refractivity contribution is 6.31. The number of ether oxygens (including phenoxy) is 1. The third kappa shape index (κ3) is 4.72. The van der Waals surface area contributed by atoms with Crippen molar-refractivity contribution in [2.45, 2.75) is 25.8 Å². The Balaban J connectivity index is 2.04. The van der Waals surface area contributed by atoms with Crippen LogP contribution in [0.4, 0.5) is 0 Å². The summed E-state index contributed by atoms with van der Waals surface area (Å²) in [5.74, 6) is -1.03. The number of esters is 1. The van der Waals surface area contributed by atoms with Gasteiger partial charge in [-0.1, -0.05) is 66.2 Å². The quantitative estimate of drug-likeness (QED) is 0.448. The number of carbonyl (C=O) groups is 2. The van der Waals surface area contributed by atoms with Crippen LogP contribution in [0.25, 0.3) is 0 Å². The van der Waals surface area contributed by atoms with Crippen LogP contribution < -0.4 is 0 Å². The Morgan fingerprint density at radius 3 is 2.69 bits per heavy atom. The van der Waals surface area contributed by atoms with Crippen LogP contribution in [0.1, 0.15) is 30.4 Å². The van der Waals surface area contributed by atoms with Gasteiger partial charge in [-0.2, -0.15) is 0 Å². The van der Waals surface area contributed by atoms with Gasteiger partial charge in [-0.15, -0.1) is 0 Å². The Labute approximate surface area is 180 Å². The lowest BCUT2D eigenvalue weighted by Crippen LogP contribution is -2.38. The first-order valence-electron chi connectivity index (χ1n) is 9.20. The van der Waals surface area contributed by atoms with E-state index in [1.807, 2.05) is 30.3 Å². The Morgan fingerprint density at radius 1 is 1.24 bits per heavy atom. The summed E-state index contributed by atoms with van der Waals surface area (Å²) in [5, 5.41) is 1.10. The highest BCUT2D eigenvalue weighted by Gasteiger charge is 2.37. The van der Waals surface area contributed by atoms with Crippen LogP contribution in [0, 0.1) is 0 Å². The summed E-state index contributed by atoms with van der Waals surface area (Å²) in [5.41, 5.74) is 2.59. The van der Waals surface area contributed by atoms with E-state index in [1.54, 1.807) is 30.0 Å². The van der Waals surface area contributed by atoms with Gasteiger partial charge in [0.1, 0.15) is 6.61 Å². The molecule has 3 rings (SSSR count). The number of hydrogen-bond acceptors (Lipinski definition) is 3. The number of rotatable bonds is 6. The minimum absolute atomic E-state index is 0.0901.